The summed E-state index contributed by atoms with van der Waals surface area (Å²) in [6.07, 6.45) is 29.7. The molecular formula is C38H68O8Sn. The van der Waals surface area contributed by atoms with E-state index in [1.807, 2.05) is 0 Å². The SMILES string of the molecule is CCCCCCCOC(=O)/C=C\C(=O)[O-].CCCCCCCOC(=O)/C=C\C(=O)[O-].[CH2]CCCCCCC.[CH2]CCCCCCC.[Sn+2]. The van der Waals surface area contributed by atoms with Gasteiger partial charge in [0, 0.05) is 12.2 Å². The van der Waals surface area contributed by atoms with Crippen molar-refractivity contribution in [3.63, 3.8) is 0 Å². The Hall–Kier alpha value is -1.84. The maximum atomic E-state index is 10.8. The molecule has 0 spiro atoms. The molecule has 0 bridgehead atoms. The van der Waals surface area contributed by atoms with E-state index in [1.54, 1.807) is 0 Å². The van der Waals surface area contributed by atoms with Crippen LogP contribution in [-0.4, -0.2) is 61.0 Å². The topological polar surface area (TPSA) is 133 Å². The summed E-state index contributed by atoms with van der Waals surface area (Å²) < 4.78 is 9.51. The van der Waals surface area contributed by atoms with Gasteiger partial charge in [-0.15, -0.1) is 0 Å². The second-order valence-electron chi connectivity index (χ2n) is 11.0. The average molecular weight is 772 g/mol. The number of carbonyl (C=O) groups is 4. The van der Waals surface area contributed by atoms with Gasteiger partial charge in [-0.2, -0.15) is 0 Å². The Morgan fingerprint density at radius 2 is 0.702 bits per heavy atom. The Kier molecular flexibility index (Phi) is 59.3. The van der Waals surface area contributed by atoms with Gasteiger partial charge in [-0.1, -0.05) is 170 Å². The molecular weight excluding hydrogens is 703 g/mol. The van der Waals surface area contributed by atoms with Crippen LogP contribution in [0.25, 0.3) is 0 Å². The standard InChI is InChI=1S/2C11H18O4.2C8H17.Sn/c2*1-2-3-4-5-6-9-15-11(14)8-7-10(12)13;2*1-3-5-7-8-6-4-2;/h2*7-8H,2-6,9H2,1H3,(H,12,13);2*1,3-8H2,2H3;/q;;;;+2/p-2/b2*8-7-;;;. The Morgan fingerprint density at radius 3 is 0.936 bits per heavy atom. The molecule has 0 heterocycles. The zero-order valence-corrected chi connectivity index (χ0v) is 33.3. The Morgan fingerprint density at radius 1 is 0.447 bits per heavy atom. The molecule has 0 aliphatic carbocycles. The predicted molar refractivity (Wildman–Crippen MR) is 191 cm³/mol. The van der Waals surface area contributed by atoms with E-state index < -0.39 is 23.9 Å². The van der Waals surface area contributed by atoms with E-state index in [0.29, 0.717) is 25.4 Å². The molecule has 0 aromatic heterocycles. The van der Waals surface area contributed by atoms with Gasteiger partial charge < -0.3 is 29.3 Å². The number of unbranched alkanes of at least 4 members (excludes halogenated alkanes) is 18. The van der Waals surface area contributed by atoms with Crippen LogP contribution in [-0.2, 0) is 28.7 Å². The molecule has 0 atom stereocenters. The molecule has 0 aromatic rings. The van der Waals surface area contributed by atoms with E-state index in [1.165, 1.54) is 89.9 Å². The van der Waals surface area contributed by atoms with Crippen molar-refractivity contribution in [3.8, 4) is 0 Å². The second-order valence-corrected chi connectivity index (χ2v) is 11.0. The fourth-order valence-electron chi connectivity index (χ4n) is 3.69. The molecule has 8 nitrogen and oxygen atoms in total. The molecule has 0 N–H and O–H groups in total. The first kappa shape index (κ1) is 54.6. The summed E-state index contributed by atoms with van der Waals surface area (Å²) in [6.45, 7) is 17.0. The third-order valence-corrected chi connectivity index (χ3v) is 6.40. The summed E-state index contributed by atoms with van der Waals surface area (Å²) >= 11 is 0. The zero-order chi connectivity index (χ0) is 35.5. The van der Waals surface area contributed by atoms with E-state index in [2.05, 4.69) is 41.5 Å². The van der Waals surface area contributed by atoms with Crippen molar-refractivity contribution in [2.45, 2.75) is 169 Å². The first-order chi connectivity index (χ1) is 22.2. The van der Waals surface area contributed by atoms with Gasteiger partial charge in [-0.25, -0.2) is 9.59 Å². The quantitative estimate of drug-likeness (QED) is 0.0380. The van der Waals surface area contributed by atoms with Crippen LogP contribution in [0.1, 0.15) is 169 Å². The molecule has 4 radical (unpaired) electrons. The van der Waals surface area contributed by atoms with Gasteiger partial charge >= 0.3 is 35.8 Å². The van der Waals surface area contributed by atoms with Crippen molar-refractivity contribution < 1.29 is 38.9 Å². The molecule has 0 saturated heterocycles. The number of carboxylic acids is 2. The van der Waals surface area contributed by atoms with Crippen LogP contribution in [0.3, 0.4) is 0 Å². The second kappa shape index (κ2) is 51.0. The van der Waals surface area contributed by atoms with Gasteiger partial charge in [0.1, 0.15) is 0 Å². The molecule has 0 fully saturated rings. The van der Waals surface area contributed by atoms with Crippen molar-refractivity contribution in [1.29, 1.82) is 0 Å². The number of ether oxygens (including phenoxy) is 2. The Bertz CT molecular complexity index is 650. The Balaban J connectivity index is -0.000000173. The fourth-order valence-corrected chi connectivity index (χ4v) is 3.69. The van der Waals surface area contributed by atoms with Crippen LogP contribution >= 0.6 is 0 Å². The minimum atomic E-state index is -1.39. The average Bonchev–Trinajstić information content (AvgIpc) is 3.04. The third kappa shape index (κ3) is 67.3. The number of carbonyl (C=O) groups excluding carboxylic acids is 4. The van der Waals surface area contributed by atoms with E-state index in [-0.39, 0.29) is 23.9 Å². The van der Waals surface area contributed by atoms with E-state index >= 15 is 0 Å². The molecule has 47 heavy (non-hydrogen) atoms. The summed E-state index contributed by atoms with van der Waals surface area (Å²) in [6, 6.07) is 0. The van der Waals surface area contributed by atoms with Crippen LogP contribution in [0.2, 0.25) is 0 Å². The summed E-state index contributed by atoms with van der Waals surface area (Å²) in [5, 5.41) is 19.9. The number of carboxylic acid groups (broad SMARTS) is 2. The fraction of sp³-hybridized carbons (Fsp3) is 0.737. The van der Waals surface area contributed by atoms with Gasteiger partial charge in [0.05, 0.1) is 25.2 Å². The summed E-state index contributed by atoms with van der Waals surface area (Å²) in [4.78, 5) is 41.6. The number of hydrogen-bond acceptors (Lipinski definition) is 8. The largest absolute Gasteiger partial charge is 2.00 e. The minimum Gasteiger partial charge on any atom is -0.545 e. The first-order valence-corrected chi connectivity index (χ1v) is 17.9. The number of rotatable bonds is 26. The van der Waals surface area contributed by atoms with Crippen molar-refractivity contribution in [1.82, 2.24) is 0 Å². The molecule has 0 saturated carbocycles. The molecule has 9 heteroatoms. The number of esters is 2. The maximum Gasteiger partial charge on any atom is 2.00 e. The smallest absolute Gasteiger partial charge is 0.545 e. The zero-order valence-electron chi connectivity index (χ0n) is 30.5. The van der Waals surface area contributed by atoms with Gasteiger partial charge in [-0.05, 0) is 25.0 Å². The monoisotopic (exact) mass is 772 g/mol. The van der Waals surface area contributed by atoms with Crippen molar-refractivity contribution in [2.24, 2.45) is 0 Å². The van der Waals surface area contributed by atoms with E-state index in [9.17, 15) is 29.4 Å². The van der Waals surface area contributed by atoms with Crippen LogP contribution < -0.4 is 10.2 Å². The van der Waals surface area contributed by atoms with Crippen molar-refractivity contribution in [2.75, 3.05) is 13.2 Å². The molecule has 0 aromatic carbocycles. The van der Waals surface area contributed by atoms with Crippen LogP contribution in [0.15, 0.2) is 24.3 Å². The van der Waals surface area contributed by atoms with E-state index in [4.69, 9.17) is 9.47 Å². The maximum absolute atomic E-state index is 10.8. The third-order valence-electron chi connectivity index (χ3n) is 6.40. The van der Waals surface area contributed by atoms with Crippen LogP contribution in [0.4, 0.5) is 0 Å². The predicted octanol–water partition coefficient (Wildman–Crippen LogP) is 7.59. The van der Waals surface area contributed by atoms with Crippen molar-refractivity contribution >= 4 is 47.8 Å². The molecule has 272 valence electrons. The molecule has 0 rings (SSSR count). The number of aliphatic carboxylic acids is 2. The molecule has 0 amide bonds. The van der Waals surface area contributed by atoms with Crippen molar-refractivity contribution in [3.05, 3.63) is 38.2 Å². The van der Waals surface area contributed by atoms with E-state index in [0.717, 1.165) is 63.5 Å². The van der Waals surface area contributed by atoms with Crippen LogP contribution in [0.5, 0.6) is 0 Å². The Labute approximate surface area is 305 Å². The first-order valence-electron chi connectivity index (χ1n) is 17.9. The molecule has 0 aliphatic heterocycles. The summed E-state index contributed by atoms with van der Waals surface area (Å²) in [7, 11) is 0. The minimum absolute atomic E-state index is 0. The van der Waals surface area contributed by atoms with Gasteiger partial charge in [0.25, 0.3) is 0 Å². The summed E-state index contributed by atoms with van der Waals surface area (Å²) in [5.74, 6) is -4.05. The molecule has 0 unspecified atom stereocenters. The molecule has 0 aliphatic rings. The van der Waals surface area contributed by atoms with Gasteiger partial charge in [-0.3, -0.25) is 0 Å². The van der Waals surface area contributed by atoms with Crippen LogP contribution in [0, 0.1) is 13.8 Å². The number of hydrogen-bond donors (Lipinski definition) is 0. The summed E-state index contributed by atoms with van der Waals surface area (Å²) in [5.41, 5.74) is 0. The normalized spacial score (nSPS) is 10.0. The van der Waals surface area contributed by atoms with Gasteiger partial charge in [0.15, 0.2) is 0 Å². The van der Waals surface area contributed by atoms with Gasteiger partial charge in [0.2, 0.25) is 0 Å².